The van der Waals surface area contributed by atoms with E-state index in [0.29, 0.717) is 31.3 Å². The molecule has 2 N–H and O–H groups in total. The zero-order chi connectivity index (χ0) is 15.5. The van der Waals surface area contributed by atoms with E-state index in [2.05, 4.69) is 10.6 Å². The lowest BCUT2D eigenvalue weighted by Gasteiger charge is -2.29. The van der Waals surface area contributed by atoms with Gasteiger partial charge < -0.3 is 15.4 Å². The summed E-state index contributed by atoms with van der Waals surface area (Å²) in [7, 11) is 0. The Kier molecular flexibility index (Phi) is 5.19. The van der Waals surface area contributed by atoms with Crippen molar-refractivity contribution in [1.29, 1.82) is 0 Å². The normalized spacial score (nSPS) is 19.3. The van der Waals surface area contributed by atoms with Crippen LogP contribution in [0.15, 0.2) is 18.2 Å². The number of hydrogen-bond donors (Lipinski definition) is 2. The number of carbonyl (C=O) groups excluding carboxylic acids is 1. The van der Waals surface area contributed by atoms with Crippen LogP contribution >= 0.6 is 11.6 Å². The van der Waals surface area contributed by atoms with Gasteiger partial charge in [-0.1, -0.05) is 31.5 Å². The van der Waals surface area contributed by atoms with Gasteiger partial charge in [-0.3, -0.25) is 4.79 Å². The fourth-order valence-electron chi connectivity index (χ4n) is 2.30. The number of benzene rings is 1. The maximum atomic E-state index is 13.1. The summed E-state index contributed by atoms with van der Waals surface area (Å²) in [6.07, 6.45) is 0. The number of halogens is 2. The number of rotatable bonds is 4. The summed E-state index contributed by atoms with van der Waals surface area (Å²) in [4.78, 5) is 12.1. The van der Waals surface area contributed by atoms with Gasteiger partial charge in [0.15, 0.2) is 0 Å². The summed E-state index contributed by atoms with van der Waals surface area (Å²) < 4.78 is 18.4. The highest BCUT2D eigenvalue weighted by Gasteiger charge is 2.27. The molecule has 116 valence electrons. The van der Waals surface area contributed by atoms with Crippen molar-refractivity contribution in [2.45, 2.75) is 25.3 Å². The van der Waals surface area contributed by atoms with Crippen LogP contribution in [0.2, 0.25) is 5.02 Å². The fourth-order valence-corrected chi connectivity index (χ4v) is 2.72. The van der Waals surface area contributed by atoms with Gasteiger partial charge in [0.1, 0.15) is 11.9 Å². The van der Waals surface area contributed by atoms with Crippen LogP contribution in [0.4, 0.5) is 4.39 Å². The largest absolute Gasteiger partial charge is 0.378 e. The van der Waals surface area contributed by atoms with E-state index in [-0.39, 0.29) is 17.8 Å². The molecular formula is C15H20ClFN2O2. The van der Waals surface area contributed by atoms with Crippen molar-refractivity contribution in [3.8, 4) is 0 Å². The molecule has 1 atom stereocenters. The Morgan fingerprint density at radius 1 is 1.57 bits per heavy atom. The Balaban J connectivity index is 1.98. The zero-order valence-corrected chi connectivity index (χ0v) is 13.0. The van der Waals surface area contributed by atoms with Gasteiger partial charge in [0.2, 0.25) is 5.91 Å². The second-order valence-corrected chi connectivity index (χ2v) is 6.21. The molecular weight excluding hydrogens is 295 g/mol. The third-order valence-corrected chi connectivity index (χ3v) is 3.92. The first-order valence-electron chi connectivity index (χ1n) is 6.94. The number of nitrogens with one attached hydrogen (secondary N) is 2. The standard InChI is InChI=1S/C15H20ClFN2O2/c1-15(2,11-4-3-10(17)7-12(11)16)9-19-14(20)13-8-21-6-5-18-13/h3-4,7,13,18H,5-6,8-9H2,1-2H3,(H,19,20). The van der Waals surface area contributed by atoms with Crippen molar-refractivity contribution in [1.82, 2.24) is 10.6 Å². The van der Waals surface area contributed by atoms with Crippen LogP contribution in [0, 0.1) is 5.82 Å². The lowest BCUT2D eigenvalue weighted by molar-refractivity contribution is -0.126. The minimum atomic E-state index is -0.393. The van der Waals surface area contributed by atoms with E-state index in [9.17, 15) is 9.18 Å². The Bertz CT molecular complexity index is 516. The van der Waals surface area contributed by atoms with Crippen LogP contribution in [0.1, 0.15) is 19.4 Å². The molecule has 0 bridgehead atoms. The Morgan fingerprint density at radius 3 is 2.95 bits per heavy atom. The van der Waals surface area contributed by atoms with Crippen LogP contribution in [-0.2, 0) is 14.9 Å². The van der Waals surface area contributed by atoms with E-state index >= 15 is 0 Å². The van der Waals surface area contributed by atoms with E-state index in [1.165, 1.54) is 12.1 Å². The molecule has 1 saturated heterocycles. The van der Waals surface area contributed by atoms with E-state index in [1.807, 2.05) is 13.8 Å². The molecule has 0 aliphatic carbocycles. The molecule has 1 aliphatic rings. The zero-order valence-electron chi connectivity index (χ0n) is 12.2. The molecule has 4 nitrogen and oxygen atoms in total. The highest BCUT2D eigenvalue weighted by molar-refractivity contribution is 6.31. The summed E-state index contributed by atoms with van der Waals surface area (Å²) in [5, 5.41) is 6.37. The molecule has 0 aromatic heterocycles. The van der Waals surface area contributed by atoms with E-state index in [1.54, 1.807) is 6.07 Å². The van der Waals surface area contributed by atoms with Gasteiger partial charge in [-0.15, -0.1) is 0 Å². The van der Waals surface area contributed by atoms with E-state index < -0.39 is 5.41 Å². The topological polar surface area (TPSA) is 50.4 Å². The second-order valence-electron chi connectivity index (χ2n) is 5.81. The van der Waals surface area contributed by atoms with Gasteiger partial charge in [-0.05, 0) is 17.7 Å². The van der Waals surface area contributed by atoms with Crippen molar-refractivity contribution in [3.63, 3.8) is 0 Å². The SMILES string of the molecule is CC(C)(CNC(=O)C1COCCN1)c1ccc(F)cc1Cl. The Labute approximate surface area is 129 Å². The lowest BCUT2D eigenvalue weighted by atomic mass is 9.84. The predicted octanol–water partition coefficient (Wildman–Crippen LogP) is 1.86. The molecule has 1 aromatic rings. The number of ether oxygens (including phenoxy) is 1. The molecule has 1 heterocycles. The summed E-state index contributed by atoms with van der Waals surface area (Å²) in [6, 6.07) is 4.00. The molecule has 1 unspecified atom stereocenters. The molecule has 1 aliphatic heterocycles. The first-order valence-corrected chi connectivity index (χ1v) is 7.32. The predicted molar refractivity (Wildman–Crippen MR) is 80.1 cm³/mol. The average Bonchev–Trinajstić information content (AvgIpc) is 2.45. The van der Waals surface area contributed by atoms with Crippen LogP contribution in [0.5, 0.6) is 0 Å². The smallest absolute Gasteiger partial charge is 0.239 e. The molecule has 1 aromatic carbocycles. The second kappa shape index (κ2) is 6.73. The van der Waals surface area contributed by atoms with Gasteiger partial charge in [0, 0.05) is 23.5 Å². The number of amides is 1. The van der Waals surface area contributed by atoms with Gasteiger partial charge in [0.05, 0.1) is 13.2 Å². The number of hydrogen-bond acceptors (Lipinski definition) is 3. The van der Waals surface area contributed by atoms with Crippen molar-refractivity contribution >= 4 is 17.5 Å². The van der Waals surface area contributed by atoms with Gasteiger partial charge >= 0.3 is 0 Å². The maximum absolute atomic E-state index is 13.1. The highest BCUT2D eigenvalue weighted by Crippen LogP contribution is 2.29. The molecule has 21 heavy (non-hydrogen) atoms. The quantitative estimate of drug-likeness (QED) is 0.892. The monoisotopic (exact) mass is 314 g/mol. The minimum absolute atomic E-state index is 0.0963. The molecule has 0 saturated carbocycles. The molecule has 1 amide bonds. The molecule has 0 radical (unpaired) electrons. The van der Waals surface area contributed by atoms with Gasteiger partial charge in [-0.2, -0.15) is 0 Å². The Hall–Kier alpha value is -1.17. The van der Waals surface area contributed by atoms with Crippen LogP contribution in [-0.4, -0.2) is 38.3 Å². The van der Waals surface area contributed by atoms with Crippen molar-refractivity contribution in [3.05, 3.63) is 34.6 Å². The minimum Gasteiger partial charge on any atom is -0.378 e. The van der Waals surface area contributed by atoms with E-state index in [0.717, 1.165) is 5.56 Å². The Morgan fingerprint density at radius 2 is 2.33 bits per heavy atom. The summed E-state index contributed by atoms with van der Waals surface area (Å²) in [5.74, 6) is -0.465. The molecule has 0 spiro atoms. The summed E-state index contributed by atoms with van der Waals surface area (Å²) in [6.45, 7) is 6.00. The lowest BCUT2D eigenvalue weighted by Crippen LogP contribution is -2.52. The summed E-state index contributed by atoms with van der Waals surface area (Å²) >= 11 is 6.09. The number of morpholine rings is 1. The fraction of sp³-hybridized carbons (Fsp3) is 0.533. The molecule has 2 rings (SSSR count). The average molecular weight is 315 g/mol. The number of carbonyl (C=O) groups is 1. The van der Waals surface area contributed by atoms with Crippen molar-refractivity contribution < 1.29 is 13.9 Å². The highest BCUT2D eigenvalue weighted by atomic mass is 35.5. The van der Waals surface area contributed by atoms with Gasteiger partial charge in [0.25, 0.3) is 0 Å². The first-order chi connectivity index (χ1) is 9.90. The van der Waals surface area contributed by atoms with Crippen molar-refractivity contribution in [2.75, 3.05) is 26.3 Å². The third kappa shape index (κ3) is 4.15. The summed E-state index contributed by atoms with van der Waals surface area (Å²) in [5.41, 5.74) is 0.411. The van der Waals surface area contributed by atoms with Gasteiger partial charge in [-0.25, -0.2) is 4.39 Å². The van der Waals surface area contributed by atoms with Crippen LogP contribution in [0.25, 0.3) is 0 Å². The maximum Gasteiger partial charge on any atom is 0.239 e. The third-order valence-electron chi connectivity index (χ3n) is 3.60. The molecule has 1 fully saturated rings. The molecule has 6 heteroatoms. The van der Waals surface area contributed by atoms with Crippen LogP contribution < -0.4 is 10.6 Å². The van der Waals surface area contributed by atoms with Crippen LogP contribution in [0.3, 0.4) is 0 Å². The first kappa shape index (κ1) is 16.2. The van der Waals surface area contributed by atoms with E-state index in [4.69, 9.17) is 16.3 Å². The van der Waals surface area contributed by atoms with Crippen molar-refractivity contribution in [2.24, 2.45) is 0 Å².